The van der Waals surface area contributed by atoms with Gasteiger partial charge in [-0.2, -0.15) is 10.2 Å². The summed E-state index contributed by atoms with van der Waals surface area (Å²) in [6.45, 7) is 5.38. The Hall–Kier alpha value is -4.20. The van der Waals surface area contributed by atoms with Crippen LogP contribution in [0.3, 0.4) is 0 Å². The van der Waals surface area contributed by atoms with Gasteiger partial charge < -0.3 is 9.64 Å². The van der Waals surface area contributed by atoms with Crippen LogP contribution < -0.4 is 4.74 Å². The van der Waals surface area contributed by atoms with E-state index < -0.39 is 11.5 Å². The number of halogens is 2. The molecule has 36 heavy (non-hydrogen) atoms. The minimum atomic E-state index is -1.69. The number of aryl methyl sites for hydroxylation is 1. The van der Waals surface area contributed by atoms with Gasteiger partial charge in [0.05, 0.1) is 11.9 Å². The molecule has 2 aromatic carbocycles. The normalized spacial score (nSPS) is 13.1. The van der Waals surface area contributed by atoms with Crippen molar-refractivity contribution >= 4 is 5.91 Å². The number of hydrogen-bond acceptors (Lipinski definition) is 5. The van der Waals surface area contributed by atoms with Gasteiger partial charge in [0.1, 0.15) is 11.2 Å². The van der Waals surface area contributed by atoms with E-state index in [0.29, 0.717) is 18.7 Å². The third-order valence-corrected chi connectivity index (χ3v) is 6.13. The average molecular weight is 487 g/mol. The fourth-order valence-electron chi connectivity index (χ4n) is 4.19. The summed E-state index contributed by atoms with van der Waals surface area (Å²) in [4.78, 5) is 19.1. The van der Waals surface area contributed by atoms with E-state index in [9.17, 15) is 13.6 Å². The highest BCUT2D eigenvalue weighted by Gasteiger charge is 2.32. The Morgan fingerprint density at radius 1 is 1.06 bits per heavy atom. The van der Waals surface area contributed by atoms with Crippen LogP contribution in [0.4, 0.5) is 8.78 Å². The highest BCUT2D eigenvalue weighted by atomic mass is 19.1. The summed E-state index contributed by atoms with van der Waals surface area (Å²) >= 11 is 0. The smallest absolute Gasteiger partial charge is 0.260 e. The van der Waals surface area contributed by atoms with Gasteiger partial charge in [0.25, 0.3) is 5.91 Å². The summed E-state index contributed by atoms with van der Waals surface area (Å²) in [5.41, 5.74) is 3.36. The van der Waals surface area contributed by atoms with E-state index in [-0.39, 0.29) is 23.1 Å². The lowest BCUT2D eigenvalue weighted by atomic mass is 10.0. The maximum atomic E-state index is 14.6. The lowest BCUT2D eigenvalue weighted by Gasteiger charge is -2.17. The Balaban J connectivity index is 1.34. The first-order valence-electron chi connectivity index (χ1n) is 11.5. The molecular weight excluding hydrogens is 462 g/mol. The molecule has 0 fully saturated rings. The van der Waals surface area contributed by atoms with E-state index in [1.165, 1.54) is 32.2 Å². The number of carbonyl (C=O) groups is 1. The number of rotatable bonds is 6. The van der Waals surface area contributed by atoms with Crippen LogP contribution in [0.2, 0.25) is 0 Å². The SMILES string of the molecule is Cc1cc(-c2ccc(CN3Cc4ccnc(Oc5ccc(C(C)(C)F)cc5F)c4C3=O)cc2)cnn1. The molecule has 182 valence electrons. The third-order valence-electron chi connectivity index (χ3n) is 6.13. The number of pyridine rings is 1. The van der Waals surface area contributed by atoms with E-state index in [1.807, 2.05) is 37.3 Å². The highest BCUT2D eigenvalue weighted by Crippen LogP contribution is 2.35. The van der Waals surface area contributed by atoms with E-state index in [1.54, 1.807) is 17.2 Å². The van der Waals surface area contributed by atoms with Crippen LogP contribution in [-0.2, 0) is 18.8 Å². The van der Waals surface area contributed by atoms with Crippen molar-refractivity contribution in [1.82, 2.24) is 20.1 Å². The Kier molecular flexibility index (Phi) is 5.96. The summed E-state index contributed by atoms with van der Waals surface area (Å²) in [5, 5.41) is 7.98. The molecule has 1 aliphatic heterocycles. The topological polar surface area (TPSA) is 68.2 Å². The van der Waals surface area contributed by atoms with Crippen LogP contribution in [-0.4, -0.2) is 26.0 Å². The van der Waals surface area contributed by atoms with Gasteiger partial charge in [-0.15, -0.1) is 0 Å². The predicted molar refractivity (Wildman–Crippen MR) is 131 cm³/mol. The molecule has 2 aromatic heterocycles. The fourth-order valence-corrected chi connectivity index (χ4v) is 4.19. The molecule has 0 saturated carbocycles. The molecule has 4 aromatic rings. The van der Waals surface area contributed by atoms with Crippen LogP contribution in [0, 0.1) is 12.7 Å². The first kappa shape index (κ1) is 23.5. The number of alkyl halides is 1. The van der Waals surface area contributed by atoms with Crippen molar-refractivity contribution in [3.8, 4) is 22.8 Å². The lowest BCUT2D eigenvalue weighted by Crippen LogP contribution is -2.23. The number of hydrogen-bond donors (Lipinski definition) is 0. The van der Waals surface area contributed by atoms with Gasteiger partial charge in [0.15, 0.2) is 11.6 Å². The van der Waals surface area contributed by atoms with Gasteiger partial charge in [-0.25, -0.2) is 13.8 Å². The number of benzene rings is 2. The largest absolute Gasteiger partial charge is 0.435 e. The van der Waals surface area contributed by atoms with Gasteiger partial charge in [-0.05, 0) is 67.3 Å². The Labute approximate surface area is 207 Å². The molecule has 3 heterocycles. The second-order valence-electron chi connectivity index (χ2n) is 9.31. The molecule has 0 N–H and O–H groups in total. The quantitative estimate of drug-likeness (QED) is 0.328. The molecule has 0 aliphatic carbocycles. The second-order valence-corrected chi connectivity index (χ2v) is 9.31. The molecule has 0 radical (unpaired) electrons. The van der Waals surface area contributed by atoms with Crippen molar-refractivity contribution in [1.29, 1.82) is 0 Å². The first-order valence-corrected chi connectivity index (χ1v) is 11.5. The molecule has 0 saturated heterocycles. The van der Waals surface area contributed by atoms with Crippen molar-refractivity contribution in [2.45, 2.75) is 39.5 Å². The molecule has 0 unspecified atom stereocenters. The predicted octanol–water partition coefficient (Wildman–Crippen LogP) is 6.14. The summed E-state index contributed by atoms with van der Waals surface area (Å²) in [5.74, 6) is -1.05. The van der Waals surface area contributed by atoms with E-state index in [2.05, 4.69) is 15.2 Å². The zero-order valence-electron chi connectivity index (χ0n) is 20.1. The van der Waals surface area contributed by atoms with E-state index in [4.69, 9.17) is 4.74 Å². The number of fused-ring (bicyclic) bond motifs is 1. The number of nitrogens with zero attached hydrogens (tertiary/aromatic N) is 4. The van der Waals surface area contributed by atoms with Gasteiger partial charge in [-0.3, -0.25) is 4.79 Å². The summed E-state index contributed by atoms with van der Waals surface area (Å²) in [7, 11) is 0. The summed E-state index contributed by atoms with van der Waals surface area (Å²) in [6.07, 6.45) is 3.24. The van der Waals surface area contributed by atoms with Gasteiger partial charge >= 0.3 is 0 Å². The number of aromatic nitrogens is 3. The van der Waals surface area contributed by atoms with Gasteiger partial charge in [0.2, 0.25) is 5.88 Å². The average Bonchev–Trinajstić information content (AvgIpc) is 3.16. The van der Waals surface area contributed by atoms with Crippen LogP contribution in [0.1, 0.15) is 46.6 Å². The zero-order valence-corrected chi connectivity index (χ0v) is 20.1. The Morgan fingerprint density at radius 2 is 1.83 bits per heavy atom. The van der Waals surface area contributed by atoms with Crippen LogP contribution in [0.15, 0.2) is 67.0 Å². The van der Waals surface area contributed by atoms with Crippen molar-refractivity contribution in [2.24, 2.45) is 0 Å². The highest BCUT2D eigenvalue weighted by molar-refractivity contribution is 6.00. The van der Waals surface area contributed by atoms with Crippen molar-refractivity contribution in [3.05, 3.63) is 101 Å². The maximum absolute atomic E-state index is 14.6. The number of ether oxygens (including phenoxy) is 1. The summed E-state index contributed by atoms with van der Waals surface area (Å²) < 4.78 is 34.5. The molecule has 0 bridgehead atoms. The minimum Gasteiger partial charge on any atom is -0.435 e. The summed E-state index contributed by atoms with van der Waals surface area (Å²) in [6, 6.07) is 15.6. The standard InChI is InChI=1S/C28H24F2N4O2/c1-17-12-21(14-32-33-17)19-6-4-18(5-7-19)15-34-16-20-10-11-31-26(25(20)27(34)35)36-24-9-8-22(13-23(24)29)28(2,3)30/h4-14H,15-16H2,1-3H3. The van der Waals surface area contributed by atoms with Crippen molar-refractivity contribution in [3.63, 3.8) is 0 Å². The molecule has 0 spiro atoms. The monoisotopic (exact) mass is 486 g/mol. The van der Waals surface area contributed by atoms with Gasteiger partial charge in [0, 0.05) is 24.8 Å². The molecular formula is C28H24F2N4O2. The van der Waals surface area contributed by atoms with E-state index >= 15 is 0 Å². The fraction of sp³-hybridized carbons (Fsp3) is 0.214. The van der Waals surface area contributed by atoms with Crippen molar-refractivity contribution < 1.29 is 18.3 Å². The Bertz CT molecular complexity index is 1450. The van der Waals surface area contributed by atoms with Crippen LogP contribution >= 0.6 is 0 Å². The molecule has 0 atom stereocenters. The van der Waals surface area contributed by atoms with Crippen LogP contribution in [0.25, 0.3) is 11.1 Å². The molecule has 6 nitrogen and oxygen atoms in total. The maximum Gasteiger partial charge on any atom is 0.260 e. The first-order chi connectivity index (χ1) is 17.2. The van der Waals surface area contributed by atoms with Gasteiger partial charge in [-0.1, -0.05) is 30.3 Å². The number of carbonyl (C=O) groups excluding carboxylic acids is 1. The molecule has 8 heteroatoms. The van der Waals surface area contributed by atoms with Crippen LogP contribution in [0.5, 0.6) is 11.6 Å². The lowest BCUT2D eigenvalue weighted by molar-refractivity contribution is 0.0764. The second kappa shape index (κ2) is 9.11. The molecule has 1 aliphatic rings. The van der Waals surface area contributed by atoms with E-state index in [0.717, 1.165) is 34.0 Å². The molecule has 5 rings (SSSR count). The molecule has 1 amide bonds. The zero-order chi connectivity index (χ0) is 25.4. The number of amides is 1. The minimum absolute atomic E-state index is 0.0297. The van der Waals surface area contributed by atoms with Crippen molar-refractivity contribution in [2.75, 3.05) is 0 Å². The third kappa shape index (κ3) is 4.66. The Morgan fingerprint density at radius 3 is 2.53 bits per heavy atom.